The lowest BCUT2D eigenvalue weighted by atomic mass is 9.82. The number of halogens is 5. The molecule has 0 aliphatic heterocycles. The summed E-state index contributed by atoms with van der Waals surface area (Å²) in [5.74, 6) is -3.58. The molecule has 0 heterocycles. The van der Waals surface area contributed by atoms with Crippen LogP contribution in [-0.2, 0) is 9.53 Å². The molecule has 10 heteroatoms. The molecule has 1 aliphatic carbocycles. The van der Waals surface area contributed by atoms with E-state index in [9.17, 15) is 26.7 Å². The number of thiocarbonyl (C=S) groups is 1. The van der Waals surface area contributed by atoms with E-state index < -0.39 is 54.1 Å². The Balaban J connectivity index is 2.82. The van der Waals surface area contributed by atoms with Crippen LogP contribution < -0.4 is 5.73 Å². The van der Waals surface area contributed by atoms with Gasteiger partial charge in [-0.15, -0.1) is 0 Å². The van der Waals surface area contributed by atoms with Gasteiger partial charge in [-0.25, -0.2) is 18.6 Å². The molecular formula is C15H19F5N2O2S. The van der Waals surface area contributed by atoms with Gasteiger partial charge < -0.3 is 10.5 Å². The van der Waals surface area contributed by atoms with Crippen LogP contribution in [0.1, 0.15) is 32.6 Å². The van der Waals surface area contributed by atoms with E-state index in [0.29, 0.717) is 19.2 Å². The fourth-order valence-corrected chi connectivity index (χ4v) is 2.78. The number of carbonyl (C=O) groups is 1. The van der Waals surface area contributed by atoms with Crippen molar-refractivity contribution in [1.29, 1.82) is 0 Å². The SMILES string of the molecule is CCCC(N)C(=O)OC=NC(C=S)C1CCC(F)=C(C(F)(F)F)C1F. The van der Waals surface area contributed by atoms with Gasteiger partial charge in [0.2, 0.25) is 0 Å². The number of rotatable bonds is 7. The summed E-state index contributed by atoms with van der Waals surface area (Å²) in [5, 5.41) is 0.963. The molecular weight excluding hydrogens is 367 g/mol. The second-order valence-corrected chi connectivity index (χ2v) is 5.91. The number of alkyl halides is 4. The van der Waals surface area contributed by atoms with Crippen LogP contribution in [0, 0.1) is 5.92 Å². The quantitative estimate of drug-likeness (QED) is 0.239. The highest BCUT2D eigenvalue weighted by atomic mass is 32.1. The predicted molar refractivity (Wildman–Crippen MR) is 86.7 cm³/mol. The van der Waals surface area contributed by atoms with Crippen LogP contribution in [0.15, 0.2) is 16.4 Å². The summed E-state index contributed by atoms with van der Waals surface area (Å²) in [6.07, 6.45) is -6.75. The largest absolute Gasteiger partial charge is 0.417 e. The molecule has 4 unspecified atom stereocenters. The van der Waals surface area contributed by atoms with Crippen LogP contribution in [-0.4, -0.2) is 42.2 Å². The minimum absolute atomic E-state index is 0.203. The number of aliphatic imine (C=N–C) groups is 1. The lowest BCUT2D eigenvalue weighted by Gasteiger charge is -2.31. The molecule has 0 saturated heterocycles. The van der Waals surface area contributed by atoms with E-state index in [-0.39, 0.29) is 6.42 Å². The fourth-order valence-electron chi connectivity index (χ4n) is 2.51. The first-order valence-corrected chi connectivity index (χ1v) is 8.13. The maximum atomic E-state index is 14.2. The zero-order chi connectivity index (χ0) is 19.2. The second-order valence-electron chi connectivity index (χ2n) is 5.63. The predicted octanol–water partition coefficient (Wildman–Crippen LogP) is 3.59. The number of hydrogen-bond donors (Lipinski definition) is 1. The Morgan fingerprint density at radius 1 is 1.52 bits per heavy atom. The number of esters is 1. The number of hydrogen-bond acceptors (Lipinski definition) is 5. The molecule has 0 aromatic carbocycles. The van der Waals surface area contributed by atoms with E-state index in [0.717, 1.165) is 5.37 Å². The molecule has 4 atom stereocenters. The minimum Gasteiger partial charge on any atom is -0.414 e. The maximum absolute atomic E-state index is 14.2. The first-order chi connectivity index (χ1) is 11.6. The van der Waals surface area contributed by atoms with Crippen LogP contribution in [0.3, 0.4) is 0 Å². The third-order valence-electron chi connectivity index (χ3n) is 3.83. The number of carbonyl (C=O) groups excluding carboxylic acids is 1. The van der Waals surface area contributed by atoms with Crippen molar-refractivity contribution in [2.45, 2.75) is 57.0 Å². The summed E-state index contributed by atoms with van der Waals surface area (Å²) in [6.45, 7) is 1.82. The van der Waals surface area contributed by atoms with Gasteiger partial charge in [0.05, 0.1) is 11.6 Å². The molecule has 0 spiro atoms. The van der Waals surface area contributed by atoms with Crippen molar-refractivity contribution in [3.8, 4) is 0 Å². The Morgan fingerprint density at radius 3 is 2.68 bits per heavy atom. The zero-order valence-electron chi connectivity index (χ0n) is 13.4. The normalized spacial score (nSPS) is 24.3. The molecule has 0 fully saturated rings. The van der Waals surface area contributed by atoms with Crippen molar-refractivity contribution >= 4 is 30.0 Å². The summed E-state index contributed by atoms with van der Waals surface area (Å²) in [4.78, 5) is 15.2. The minimum atomic E-state index is -5.11. The Hall–Kier alpha value is -1.42. The second kappa shape index (κ2) is 9.33. The molecule has 0 saturated carbocycles. The summed E-state index contributed by atoms with van der Waals surface area (Å²) in [5.41, 5.74) is 3.70. The van der Waals surface area contributed by atoms with Crippen molar-refractivity contribution in [1.82, 2.24) is 0 Å². The average molecular weight is 386 g/mol. The standard InChI is InChI=1S/C15H19F5N2O2S/c1-2-3-10(21)14(23)24-7-22-11(6-25)8-4-5-9(16)12(13(8)17)15(18,19)20/h6-8,10-11,13H,2-5,21H2,1H3. The van der Waals surface area contributed by atoms with Gasteiger partial charge in [0.15, 0.2) is 6.40 Å². The van der Waals surface area contributed by atoms with Crippen LogP contribution in [0.2, 0.25) is 0 Å². The molecule has 0 aromatic heterocycles. The Kier molecular flexibility index (Phi) is 8.07. The van der Waals surface area contributed by atoms with Gasteiger partial charge in [-0.1, -0.05) is 25.6 Å². The highest BCUT2D eigenvalue weighted by molar-refractivity contribution is 7.79. The van der Waals surface area contributed by atoms with E-state index in [1.807, 2.05) is 6.92 Å². The van der Waals surface area contributed by atoms with Crippen molar-refractivity contribution in [2.24, 2.45) is 16.6 Å². The molecule has 0 aromatic rings. The number of nitrogens with zero attached hydrogens (tertiary/aromatic N) is 1. The Labute approximate surface area is 147 Å². The molecule has 0 bridgehead atoms. The maximum Gasteiger partial charge on any atom is 0.417 e. The van der Waals surface area contributed by atoms with Crippen LogP contribution in [0.25, 0.3) is 0 Å². The first-order valence-electron chi connectivity index (χ1n) is 7.66. The third-order valence-corrected chi connectivity index (χ3v) is 4.11. The Morgan fingerprint density at radius 2 is 2.16 bits per heavy atom. The van der Waals surface area contributed by atoms with Crippen LogP contribution >= 0.6 is 12.2 Å². The lowest BCUT2D eigenvalue weighted by molar-refractivity contribution is -0.136. The molecule has 2 N–H and O–H groups in total. The summed E-state index contributed by atoms with van der Waals surface area (Å²) < 4.78 is 70.7. The van der Waals surface area contributed by atoms with E-state index in [1.165, 1.54) is 0 Å². The number of nitrogens with two attached hydrogens (primary N) is 1. The van der Waals surface area contributed by atoms with E-state index in [2.05, 4.69) is 21.9 Å². The van der Waals surface area contributed by atoms with Gasteiger partial charge >= 0.3 is 12.1 Å². The fraction of sp³-hybridized carbons (Fsp3) is 0.667. The van der Waals surface area contributed by atoms with Crippen molar-refractivity contribution in [2.75, 3.05) is 0 Å². The molecule has 0 amide bonds. The van der Waals surface area contributed by atoms with E-state index in [4.69, 9.17) is 5.73 Å². The van der Waals surface area contributed by atoms with E-state index >= 15 is 0 Å². The van der Waals surface area contributed by atoms with Crippen LogP contribution in [0.4, 0.5) is 22.0 Å². The third kappa shape index (κ3) is 5.81. The van der Waals surface area contributed by atoms with Crippen LogP contribution in [0.5, 0.6) is 0 Å². The van der Waals surface area contributed by atoms with Crippen molar-refractivity contribution in [3.05, 3.63) is 11.4 Å². The summed E-state index contributed by atoms with van der Waals surface area (Å²) in [6, 6.07) is -2.04. The smallest absolute Gasteiger partial charge is 0.414 e. The summed E-state index contributed by atoms with van der Waals surface area (Å²) >= 11 is 4.68. The zero-order valence-corrected chi connectivity index (χ0v) is 14.2. The van der Waals surface area contributed by atoms with Gasteiger partial charge in [0.25, 0.3) is 0 Å². The molecule has 1 rings (SSSR count). The molecule has 142 valence electrons. The molecule has 0 radical (unpaired) electrons. The molecule has 25 heavy (non-hydrogen) atoms. The van der Waals surface area contributed by atoms with Gasteiger partial charge in [-0.05, 0) is 12.8 Å². The van der Waals surface area contributed by atoms with Gasteiger partial charge in [0.1, 0.15) is 18.0 Å². The number of ether oxygens (including phenoxy) is 1. The van der Waals surface area contributed by atoms with Crippen molar-refractivity contribution < 1.29 is 31.5 Å². The monoisotopic (exact) mass is 386 g/mol. The first kappa shape index (κ1) is 21.6. The van der Waals surface area contributed by atoms with Gasteiger partial charge in [-0.3, -0.25) is 0 Å². The number of allylic oxidation sites excluding steroid dienone is 2. The summed E-state index contributed by atoms with van der Waals surface area (Å²) in [7, 11) is 0. The molecule has 1 aliphatic rings. The van der Waals surface area contributed by atoms with Gasteiger partial charge in [-0.2, -0.15) is 13.2 Å². The average Bonchev–Trinajstić information content (AvgIpc) is 2.51. The van der Waals surface area contributed by atoms with Crippen molar-refractivity contribution in [3.63, 3.8) is 0 Å². The lowest BCUT2D eigenvalue weighted by Crippen LogP contribution is -2.38. The molecule has 4 nitrogen and oxygen atoms in total. The highest BCUT2D eigenvalue weighted by Crippen LogP contribution is 2.43. The highest BCUT2D eigenvalue weighted by Gasteiger charge is 2.48. The Bertz CT molecular complexity index is 551. The van der Waals surface area contributed by atoms with Gasteiger partial charge in [0, 0.05) is 17.7 Å². The van der Waals surface area contributed by atoms with E-state index in [1.54, 1.807) is 0 Å². The topological polar surface area (TPSA) is 64.7 Å².